The summed E-state index contributed by atoms with van der Waals surface area (Å²) < 4.78 is 0. The molecular formula is C13H28N4. The fourth-order valence-electron chi connectivity index (χ4n) is 3.42. The molecule has 1 heterocycles. The third kappa shape index (κ3) is 3.41. The van der Waals surface area contributed by atoms with Gasteiger partial charge in [-0.2, -0.15) is 0 Å². The van der Waals surface area contributed by atoms with Crippen LogP contribution in [0.3, 0.4) is 0 Å². The molecule has 0 spiro atoms. The number of hydrogen-bond donors (Lipinski definition) is 2. The van der Waals surface area contributed by atoms with Crippen LogP contribution in [0.4, 0.5) is 0 Å². The van der Waals surface area contributed by atoms with Crippen LogP contribution in [0.15, 0.2) is 0 Å². The fraction of sp³-hybridized carbons (Fsp3) is 1.00. The number of nitrogens with two attached hydrogens (primary N) is 1. The van der Waals surface area contributed by atoms with E-state index in [2.05, 4.69) is 29.3 Å². The molecule has 2 fully saturated rings. The minimum Gasteiger partial charge on any atom is -0.303 e. The van der Waals surface area contributed by atoms with Crippen LogP contribution in [0, 0.1) is 5.92 Å². The third-order valence-corrected chi connectivity index (χ3v) is 4.64. The van der Waals surface area contributed by atoms with Crippen LogP contribution in [0.2, 0.25) is 0 Å². The summed E-state index contributed by atoms with van der Waals surface area (Å²) in [6.45, 7) is 3.47. The number of hydrazine groups is 1. The van der Waals surface area contributed by atoms with E-state index in [4.69, 9.17) is 5.84 Å². The van der Waals surface area contributed by atoms with E-state index in [-0.39, 0.29) is 0 Å². The predicted molar refractivity (Wildman–Crippen MR) is 71.6 cm³/mol. The number of rotatable bonds is 4. The minimum atomic E-state index is 0.450. The molecule has 4 nitrogen and oxygen atoms in total. The van der Waals surface area contributed by atoms with Gasteiger partial charge in [0, 0.05) is 31.7 Å². The summed E-state index contributed by atoms with van der Waals surface area (Å²) in [5, 5.41) is 0. The third-order valence-electron chi connectivity index (χ3n) is 4.64. The summed E-state index contributed by atoms with van der Waals surface area (Å²) in [5.74, 6) is 6.69. The molecule has 2 aliphatic rings. The number of likely N-dealkylation sites (N-methyl/N-ethyl adjacent to an activating group) is 2. The van der Waals surface area contributed by atoms with Gasteiger partial charge in [-0.25, -0.2) is 0 Å². The van der Waals surface area contributed by atoms with E-state index in [0.29, 0.717) is 12.1 Å². The van der Waals surface area contributed by atoms with Crippen molar-refractivity contribution in [3.05, 3.63) is 0 Å². The SMILES string of the molecule is CN1CCN(C)C(C(CC2CCCC2)NN)C1. The van der Waals surface area contributed by atoms with E-state index in [9.17, 15) is 0 Å². The van der Waals surface area contributed by atoms with Gasteiger partial charge in [-0.15, -0.1) is 0 Å². The van der Waals surface area contributed by atoms with Crippen LogP contribution in [-0.2, 0) is 0 Å². The fourth-order valence-corrected chi connectivity index (χ4v) is 3.42. The molecule has 3 N–H and O–H groups in total. The Morgan fingerprint density at radius 3 is 2.59 bits per heavy atom. The number of nitrogens with zero attached hydrogens (tertiary/aromatic N) is 2. The van der Waals surface area contributed by atoms with Crippen molar-refractivity contribution in [2.45, 2.75) is 44.2 Å². The maximum atomic E-state index is 5.79. The number of hydrogen-bond acceptors (Lipinski definition) is 4. The molecule has 0 aromatic rings. The van der Waals surface area contributed by atoms with Gasteiger partial charge in [0.15, 0.2) is 0 Å². The van der Waals surface area contributed by atoms with Crippen LogP contribution in [0.1, 0.15) is 32.1 Å². The van der Waals surface area contributed by atoms with Gasteiger partial charge < -0.3 is 4.90 Å². The molecule has 2 rings (SSSR count). The van der Waals surface area contributed by atoms with Crippen LogP contribution < -0.4 is 11.3 Å². The Labute approximate surface area is 105 Å². The summed E-state index contributed by atoms with van der Waals surface area (Å²) in [6, 6.07) is 1.02. The maximum absolute atomic E-state index is 5.79. The van der Waals surface area contributed by atoms with Crippen molar-refractivity contribution in [3.63, 3.8) is 0 Å². The van der Waals surface area contributed by atoms with Gasteiger partial charge in [-0.3, -0.25) is 16.2 Å². The molecule has 0 amide bonds. The lowest BCUT2D eigenvalue weighted by Crippen LogP contribution is -2.60. The monoisotopic (exact) mass is 240 g/mol. The molecule has 1 saturated carbocycles. The molecule has 0 aromatic heterocycles. The molecule has 4 heteroatoms. The van der Waals surface area contributed by atoms with Crippen molar-refractivity contribution in [1.29, 1.82) is 0 Å². The van der Waals surface area contributed by atoms with Gasteiger partial charge in [-0.1, -0.05) is 25.7 Å². The highest BCUT2D eigenvalue weighted by Gasteiger charge is 2.31. The highest BCUT2D eigenvalue weighted by Crippen LogP contribution is 2.30. The molecule has 1 aliphatic carbocycles. The Morgan fingerprint density at radius 1 is 1.24 bits per heavy atom. The molecule has 0 aromatic carbocycles. The zero-order valence-electron chi connectivity index (χ0n) is 11.4. The Hall–Kier alpha value is -0.160. The predicted octanol–water partition coefficient (Wildman–Crippen LogP) is 0.644. The van der Waals surface area contributed by atoms with Gasteiger partial charge in [0.1, 0.15) is 0 Å². The Balaban J connectivity index is 1.90. The van der Waals surface area contributed by atoms with Crippen LogP contribution in [0.5, 0.6) is 0 Å². The Morgan fingerprint density at radius 2 is 1.94 bits per heavy atom. The molecular weight excluding hydrogens is 212 g/mol. The topological polar surface area (TPSA) is 44.5 Å². The van der Waals surface area contributed by atoms with Crippen LogP contribution in [0.25, 0.3) is 0 Å². The molecule has 1 aliphatic heterocycles. The van der Waals surface area contributed by atoms with Gasteiger partial charge in [0.25, 0.3) is 0 Å². The Bertz CT molecular complexity index is 227. The van der Waals surface area contributed by atoms with E-state index in [0.717, 1.165) is 19.0 Å². The number of nitrogens with one attached hydrogen (secondary N) is 1. The van der Waals surface area contributed by atoms with Crippen molar-refractivity contribution in [3.8, 4) is 0 Å². The lowest BCUT2D eigenvalue weighted by atomic mass is 9.92. The first-order valence-corrected chi connectivity index (χ1v) is 7.05. The average Bonchev–Trinajstić information content (AvgIpc) is 2.82. The molecule has 100 valence electrons. The summed E-state index contributed by atoms with van der Waals surface area (Å²) in [4.78, 5) is 4.89. The van der Waals surface area contributed by atoms with Gasteiger partial charge in [0.2, 0.25) is 0 Å². The first kappa shape index (κ1) is 13.3. The maximum Gasteiger partial charge on any atom is 0.0387 e. The van der Waals surface area contributed by atoms with Crippen molar-refractivity contribution < 1.29 is 0 Å². The minimum absolute atomic E-state index is 0.450. The van der Waals surface area contributed by atoms with Crippen molar-refractivity contribution in [1.82, 2.24) is 15.2 Å². The highest BCUT2D eigenvalue weighted by molar-refractivity contribution is 4.89. The highest BCUT2D eigenvalue weighted by atomic mass is 15.3. The normalized spacial score (nSPS) is 30.9. The summed E-state index contributed by atoms with van der Waals surface area (Å²) in [7, 11) is 4.44. The largest absolute Gasteiger partial charge is 0.303 e. The van der Waals surface area contributed by atoms with Gasteiger partial charge >= 0.3 is 0 Å². The molecule has 17 heavy (non-hydrogen) atoms. The zero-order chi connectivity index (χ0) is 12.3. The standard InChI is InChI=1S/C13H28N4/c1-16-7-8-17(2)13(10-16)12(15-14)9-11-5-3-4-6-11/h11-13,15H,3-10,14H2,1-2H3. The second-order valence-corrected chi connectivity index (χ2v) is 5.97. The van der Waals surface area contributed by atoms with Crippen molar-refractivity contribution >= 4 is 0 Å². The lowest BCUT2D eigenvalue weighted by molar-refractivity contribution is 0.0804. The summed E-state index contributed by atoms with van der Waals surface area (Å²) in [6.07, 6.45) is 6.90. The van der Waals surface area contributed by atoms with E-state index in [1.54, 1.807) is 0 Å². The quantitative estimate of drug-likeness (QED) is 0.559. The van der Waals surface area contributed by atoms with Crippen molar-refractivity contribution in [2.75, 3.05) is 33.7 Å². The molecule has 1 saturated heterocycles. The van der Waals surface area contributed by atoms with E-state index < -0.39 is 0 Å². The molecule has 0 bridgehead atoms. The van der Waals surface area contributed by atoms with E-state index in [1.165, 1.54) is 38.6 Å². The molecule has 2 atom stereocenters. The Kier molecular flexibility index (Phi) is 4.79. The number of piperazine rings is 1. The summed E-state index contributed by atoms with van der Waals surface area (Å²) in [5.41, 5.74) is 3.08. The van der Waals surface area contributed by atoms with Gasteiger partial charge in [-0.05, 0) is 26.4 Å². The van der Waals surface area contributed by atoms with Crippen molar-refractivity contribution in [2.24, 2.45) is 11.8 Å². The second-order valence-electron chi connectivity index (χ2n) is 5.97. The van der Waals surface area contributed by atoms with E-state index >= 15 is 0 Å². The summed E-state index contributed by atoms with van der Waals surface area (Å²) >= 11 is 0. The van der Waals surface area contributed by atoms with Gasteiger partial charge in [0.05, 0.1) is 0 Å². The molecule has 2 unspecified atom stereocenters. The second kappa shape index (κ2) is 6.14. The zero-order valence-corrected chi connectivity index (χ0v) is 11.4. The van der Waals surface area contributed by atoms with Crippen LogP contribution in [-0.4, -0.2) is 55.6 Å². The average molecular weight is 240 g/mol. The molecule has 0 radical (unpaired) electrons. The van der Waals surface area contributed by atoms with E-state index in [1.807, 2.05) is 0 Å². The lowest BCUT2D eigenvalue weighted by Gasteiger charge is -2.42. The first-order valence-electron chi connectivity index (χ1n) is 7.05. The van der Waals surface area contributed by atoms with Crippen LogP contribution >= 0.6 is 0 Å². The smallest absolute Gasteiger partial charge is 0.0387 e. The first-order chi connectivity index (χ1) is 8.20.